The maximum absolute atomic E-state index is 9.40. The Morgan fingerprint density at radius 3 is 1.25 bits per heavy atom. The number of benzene rings is 2. The third kappa shape index (κ3) is 3.29. The van der Waals surface area contributed by atoms with E-state index < -0.39 is 0 Å². The average Bonchev–Trinajstić information content (AvgIpc) is 2.75. The molecule has 0 heterocycles. The zero-order valence-electron chi connectivity index (χ0n) is 14.6. The molecule has 0 aliphatic carbocycles. The molecule has 0 aromatic heterocycles. The molecule has 4 heteroatoms. The fourth-order valence-corrected chi connectivity index (χ4v) is 2.86. The van der Waals surface area contributed by atoms with Crippen LogP contribution >= 0.6 is 0 Å². The molecule has 0 aliphatic rings. The first-order valence-electron chi connectivity index (χ1n) is 8.21. The van der Waals surface area contributed by atoms with Gasteiger partial charge in [0.2, 0.25) is 0 Å². The molecule has 3 rings (SSSR count). The van der Waals surface area contributed by atoms with Gasteiger partial charge in [0.25, 0.3) is 0 Å². The van der Waals surface area contributed by atoms with Gasteiger partial charge < -0.3 is 0 Å². The van der Waals surface area contributed by atoms with Crippen molar-refractivity contribution < 1.29 is 0 Å². The molecule has 126 valence electrons. The lowest BCUT2D eigenvalue weighted by Crippen LogP contribution is -2.08. The van der Waals surface area contributed by atoms with Gasteiger partial charge in [-0.15, -0.1) is 0 Å². The zero-order chi connectivity index (χ0) is 19.9. The molecular weight excluding hydrogens is 344 g/mol. The lowest BCUT2D eigenvalue weighted by molar-refractivity contribution is 1.49. The summed E-state index contributed by atoms with van der Waals surface area (Å²) in [6.07, 6.45) is 0. The van der Waals surface area contributed by atoms with Gasteiger partial charge in [0, 0.05) is 21.2 Å². The summed E-state index contributed by atoms with van der Waals surface area (Å²) < 4.78 is 0. The molecule has 0 unspecified atom stereocenters. The lowest BCUT2D eigenvalue weighted by atomic mass is 10.1. The molecule has 0 bridgehead atoms. The third-order valence-corrected chi connectivity index (χ3v) is 4.17. The summed E-state index contributed by atoms with van der Waals surface area (Å²) in [7, 11) is 0. The number of hydrogen-bond acceptors (Lipinski definition) is 4. The molecule has 0 N–H and O–H groups in total. The molecule has 3 aromatic rings. The van der Waals surface area contributed by atoms with Gasteiger partial charge in [0.05, 0.1) is 0 Å². The van der Waals surface area contributed by atoms with Gasteiger partial charge in [0.1, 0.15) is 35.4 Å². The third-order valence-electron chi connectivity index (χ3n) is 4.17. The molecule has 0 saturated carbocycles. The number of rotatable bonds is 0. The van der Waals surface area contributed by atoms with Crippen molar-refractivity contribution in [3.05, 3.63) is 83.2 Å². The van der Waals surface area contributed by atoms with Crippen LogP contribution in [0.3, 0.4) is 0 Å². The van der Waals surface area contributed by atoms with Gasteiger partial charge >= 0.3 is 0 Å². The molecule has 0 amide bonds. The van der Waals surface area contributed by atoms with Gasteiger partial charge in [-0.05, 0) is 22.9 Å². The van der Waals surface area contributed by atoms with Crippen molar-refractivity contribution in [3.8, 4) is 24.3 Å². The van der Waals surface area contributed by atoms with Crippen LogP contribution in [0.2, 0.25) is 0 Å². The predicted molar refractivity (Wildman–Crippen MR) is 105 cm³/mol. The van der Waals surface area contributed by atoms with Crippen LogP contribution in [0.4, 0.5) is 0 Å². The highest BCUT2D eigenvalue weighted by Crippen LogP contribution is 2.09. The highest BCUT2D eigenvalue weighted by atomic mass is 14.3. The van der Waals surface area contributed by atoms with Gasteiger partial charge in [-0.3, -0.25) is 0 Å². The summed E-state index contributed by atoms with van der Waals surface area (Å²) in [5.41, 5.74) is -0.150. The number of nitriles is 4. The van der Waals surface area contributed by atoms with Crippen molar-refractivity contribution in [1.29, 1.82) is 21.0 Å². The normalized spacial score (nSPS) is 9.00. The smallest absolute Gasteiger partial charge is 0.137 e. The Bertz CT molecular complexity index is 1310. The Morgan fingerprint density at radius 2 is 0.893 bits per heavy atom. The molecule has 0 fully saturated rings. The minimum atomic E-state index is -0.0748. The van der Waals surface area contributed by atoms with Crippen LogP contribution in [0.25, 0.3) is 32.7 Å². The molecular formula is C24H10N4. The van der Waals surface area contributed by atoms with Crippen molar-refractivity contribution in [2.24, 2.45) is 0 Å². The van der Waals surface area contributed by atoms with Crippen molar-refractivity contribution >= 4 is 32.7 Å². The molecule has 0 aliphatic heterocycles. The average molecular weight is 354 g/mol. The fourth-order valence-electron chi connectivity index (χ4n) is 2.86. The molecule has 0 radical (unpaired) electrons. The minimum Gasteiger partial charge on any atom is -0.192 e. The number of fused-ring (bicyclic) bond motifs is 2. The second-order valence-corrected chi connectivity index (χ2v) is 5.70. The molecule has 28 heavy (non-hydrogen) atoms. The van der Waals surface area contributed by atoms with Crippen LogP contribution in [-0.4, -0.2) is 0 Å². The second-order valence-electron chi connectivity index (χ2n) is 5.70. The quantitative estimate of drug-likeness (QED) is 0.620. The van der Waals surface area contributed by atoms with E-state index in [1.165, 1.54) is 0 Å². The maximum Gasteiger partial charge on any atom is 0.137 e. The predicted octanol–water partition coefficient (Wildman–Crippen LogP) is 3.11. The van der Waals surface area contributed by atoms with Gasteiger partial charge in [-0.25, -0.2) is 0 Å². The van der Waals surface area contributed by atoms with Crippen molar-refractivity contribution in [3.63, 3.8) is 0 Å². The minimum absolute atomic E-state index is 0.0748. The first-order valence-corrected chi connectivity index (χ1v) is 8.21. The van der Waals surface area contributed by atoms with E-state index in [-0.39, 0.29) is 11.1 Å². The van der Waals surface area contributed by atoms with E-state index in [1.807, 2.05) is 48.5 Å². The molecule has 3 aromatic carbocycles. The van der Waals surface area contributed by atoms with Crippen molar-refractivity contribution in [2.75, 3.05) is 0 Å². The summed E-state index contributed by atoms with van der Waals surface area (Å²) in [6, 6.07) is 31.5. The first-order chi connectivity index (χ1) is 13.7. The van der Waals surface area contributed by atoms with E-state index in [0.717, 1.165) is 0 Å². The standard InChI is InChI=1S/C24H10N4/c25-13-19(14-26)23-11-12-24(20(15-27)16-28)22-8-4-2-6-18(22)10-9-17-5-1-3-7-21(17)23/h1-8,11-12H. The van der Waals surface area contributed by atoms with Crippen LogP contribution in [0.5, 0.6) is 0 Å². The number of nitrogens with zero attached hydrogens (tertiary/aromatic N) is 4. The summed E-state index contributed by atoms with van der Waals surface area (Å²) >= 11 is 0. The SMILES string of the molecule is N#CC(C#N)=c1ccc(=C(C#N)C#N)c2ccccc2c#cc2ccccc12. The van der Waals surface area contributed by atoms with E-state index in [4.69, 9.17) is 0 Å². The van der Waals surface area contributed by atoms with Crippen molar-refractivity contribution in [1.82, 2.24) is 0 Å². The summed E-state index contributed by atoms with van der Waals surface area (Å²) in [4.78, 5) is 0. The maximum atomic E-state index is 9.40. The first kappa shape index (κ1) is 18.0. The Kier molecular flexibility index (Phi) is 5.16. The van der Waals surface area contributed by atoms with E-state index in [9.17, 15) is 21.0 Å². The van der Waals surface area contributed by atoms with Gasteiger partial charge in [0.15, 0.2) is 0 Å². The Hall–Kier alpha value is -4.82. The summed E-state index contributed by atoms with van der Waals surface area (Å²) in [6.45, 7) is 0. The van der Waals surface area contributed by atoms with Crippen LogP contribution in [0, 0.1) is 57.5 Å². The Morgan fingerprint density at radius 1 is 0.536 bits per heavy atom. The van der Waals surface area contributed by atoms with E-state index in [2.05, 4.69) is 12.1 Å². The monoisotopic (exact) mass is 354 g/mol. The van der Waals surface area contributed by atoms with E-state index in [0.29, 0.717) is 32.0 Å². The highest BCUT2D eigenvalue weighted by Gasteiger charge is 2.01. The Balaban J connectivity index is 2.81. The highest BCUT2D eigenvalue weighted by molar-refractivity contribution is 5.89. The molecule has 4 nitrogen and oxygen atoms in total. The van der Waals surface area contributed by atoms with E-state index in [1.54, 1.807) is 36.4 Å². The second kappa shape index (κ2) is 8.04. The summed E-state index contributed by atoms with van der Waals surface area (Å²) in [5.74, 6) is 0. The van der Waals surface area contributed by atoms with Gasteiger partial charge in [-0.2, -0.15) is 21.0 Å². The molecule has 0 spiro atoms. The molecule has 0 saturated heterocycles. The zero-order valence-corrected chi connectivity index (χ0v) is 14.6. The van der Waals surface area contributed by atoms with Crippen LogP contribution < -0.4 is 10.4 Å². The van der Waals surface area contributed by atoms with Crippen LogP contribution in [0.1, 0.15) is 0 Å². The Labute approximate surface area is 161 Å². The fraction of sp³-hybridized carbons (Fsp3) is 0. The number of hydrogen-bond donors (Lipinski definition) is 0. The van der Waals surface area contributed by atoms with E-state index >= 15 is 0 Å². The molecule has 0 atom stereocenters. The topological polar surface area (TPSA) is 95.2 Å². The van der Waals surface area contributed by atoms with Crippen LogP contribution in [0.15, 0.2) is 60.7 Å². The van der Waals surface area contributed by atoms with Crippen LogP contribution in [-0.2, 0) is 0 Å². The largest absolute Gasteiger partial charge is 0.192 e. The summed E-state index contributed by atoms with van der Waals surface area (Å²) in [5, 5.41) is 41.0. The van der Waals surface area contributed by atoms with Gasteiger partial charge in [-0.1, -0.05) is 60.7 Å². The lowest BCUT2D eigenvalue weighted by Gasteiger charge is -1.96. The van der Waals surface area contributed by atoms with Crippen molar-refractivity contribution in [2.45, 2.75) is 0 Å².